The minimum absolute atomic E-state index is 0.184. The van der Waals surface area contributed by atoms with Gasteiger partial charge in [0.1, 0.15) is 17.2 Å². The minimum Gasteiger partial charge on any atom is -0.497 e. The topological polar surface area (TPSA) is 86.2 Å². The van der Waals surface area contributed by atoms with Gasteiger partial charge in [-0.15, -0.1) is 0 Å². The maximum Gasteiger partial charge on any atom is 0.343 e. The van der Waals surface area contributed by atoms with E-state index in [0.29, 0.717) is 34.3 Å². The summed E-state index contributed by atoms with van der Waals surface area (Å²) in [4.78, 5) is 24.6. The zero-order valence-electron chi connectivity index (χ0n) is 19.1. The fourth-order valence-corrected chi connectivity index (χ4v) is 3.28. The standard InChI is InChI=1S/C26H25BrN2O5/c1-17(2)18-4-11-23(12-5-18)33-16-25(30)29-28-15-20-14-21(27)8-13-24(20)34-26(31)19-6-9-22(32-3)10-7-19/h4-15,17H,16H2,1-3H3,(H,29,30)/b28-15+. The van der Waals surface area contributed by atoms with E-state index >= 15 is 0 Å². The Kier molecular flexibility index (Phi) is 8.81. The summed E-state index contributed by atoms with van der Waals surface area (Å²) >= 11 is 3.39. The number of hydrogen-bond donors (Lipinski definition) is 1. The highest BCUT2D eigenvalue weighted by atomic mass is 79.9. The molecule has 1 amide bonds. The average Bonchev–Trinajstić information content (AvgIpc) is 2.84. The fourth-order valence-electron chi connectivity index (χ4n) is 2.90. The quantitative estimate of drug-likeness (QED) is 0.177. The first-order valence-corrected chi connectivity index (χ1v) is 11.4. The number of methoxy groups -OCH3 is 1. The van der Waals surface area contributed by atoms with Crippen molar-refractivity contribution in [2.24, 2.45) is 5.10 Å². The van der Waals surface area contributed by atoms with Crippen LogP contribution in [0, 0.1) is 0 Å². The van der Waals surface area contributed by atoms with Crippen molar-refractivity contribution in [2.45, 2.75) is 19.8 Å². The molecule has 3 aromatic carbocycles. The predicted molar refractivity (Wildman–Crippen MR) is 134 cm³/mol. The van der Waals surface area contributed by atoms with E-state index in [2.05, 4.69) is 40.3 Å². The van der Waals surface area contributed by atoms with Crippen molar-refractivity contribution in [2.75, 3.05) is 13.7 Å². The van der Waals surface area contributed by atoms with E-state index in [1.807, 2.05) is 24.3 Å². The van der Waals surface area contributed by atoms with E-state index < -0.39 is 11.9 Å². The zero-order valence-corrected chi connectivity index (χ0v) is 20.7. The molecule has 1 N–H and O–H groups in total. The van der Waals surface area contributed by atoms with E-state index in [9.17, 15) is 9.59 Å². The van der Waals surface area contributed by atoms with Gasteiger partial charge in [-0.3, -0.25) is 4.79 Å². The third-order valence-electron chi connectivity index (χ3n) is 4.81. The Labute approximate surface area is 206 Å². The molecule has 0 bridgehead atoms. The molecule has 0 fully saturated rings. The highest BCUT2D eigenvalue weighted by Crippen LogP contribution is 2.23. The summed E-state index contributed by atoms with van der Waals surface area (Å²) < 4.78 is 16.9. The number of ether oxygens (including phenoxy) is 3. The largest absolute Gasteiger partial charge is 0.497 e. The van der Waals surface area contributed by atoms with Crippen LogP contribution in [0.15, 0.2) is 76.3 Å². The number of carbonyl (C=O) groups excluding carboxylic acids is 2. The first-order valence-electron chi connectivity index (χ1n) is 10.6. The van der Waals surface area contributed by atoms with Crippen LogP contribution in [-0.2, 0) is 4.79 Å². The molecule has 0 aromatic heterocycles. The normalized spacial score (nSPS) is 10.9. The summed E-state index contributed by atoms with van der Waals surface area (Å²) in [5.74, 6) is 1.01. The Bertz CT molecular complexity index is 1160. The van der Waals surface area contributed by atoms with Crippen LogP contribution < -0.4 is 19.6 Å². The Balaban J connectivity index is 1.58. The van der Waals surface area contributed by atoms with Gasteiger partial charge in [0.2, 0.25) is 0 Å². The number of amides is 1. The van der Waals surface area contributed by atoms with Crippen molar-refractivity contribution in [1.29, 1.82) is 0 Å². The lowest BCUT2D eigenvalue weighted by atomic mass is 10.0. The molecular weight excluding hydrogens is 500 g/mol. The predicted octanol–water partition coefficient (Wildman–Crippen LogP) is 5.33. The summed E-state index contributed by atoms with van der Waals surface area (Å²) in [7, 11) is 1.55. The van der Waals surface area contributed by atoms with E-state index in [1.54, 1.807) is 49.6 Å². The number of esters is 1. The number of nitrogens with zero attached hydrogens (tertiary/aromatic N) is 1. The monoisotopic (exact) mass is 524 g/mol. The number of benzene rings is 3. The smallest absolute Gasteiger partial charge is 0.343 e. The second-order valence-electron chi connectivity index (χ2n) is 7.61. The Morgan fingerprint density at radius 3 is 2.32 bits per heavy atom. The van der Waals surface area contributed by atoms with E-state index in [1.165, 1.54) is 11.8 Å². The van der Waals surface area contributed by atoms with Gasteiger partial charge in [0.15, 0.2) is 6.61 Å². The summed E-state index contributed by atoms with van der Waals surface area (Å²) in [6.45, 7) is 4.03. The molecule has 0 aliphatic rings. The summed E-state index contributed by atoms with van der Waals surface area (Å²) in [6.07, 6.45) is 1.40. The molecule has 176 valence electrons. The van der Waals surface area contributed by atoms with Crippen LogP contribution >= 0.6 is 15.9 Å². The molecule has 0 unspecified atom stereocenters. The van der Waals surface area contributed by atoms with Gasteiger partial charge in [-0.05, 0) is 66.1 Å². The van der Waals surface area contributed by atoms with Crippen LogP contribution in [0.2, 0.25) is 0 Å². The van der Waals surface area contributed by atoms with Gasteiger partial charge in [-0.2, -0.15) is 5.10 Å². The molecule has 7 nitrogen and oxygen atoms in total. The summed E-state index contributed by atoms with van der Waals surface area (Å²) in [6, 6.07) is 19.3. The van der Waals surface area contributed by atoms with Crippen molar-refractivity contribution in [3.8, 4) is 17.2 Å². The second kappa shape index (κ2) is 12.0. The molecule has 8 heteroatoms. The summed E-state index contributed by atoms with van der Waals surface area (Å²) in [5.41, 5.74) is 4.48. The molecule has 0 saturated carbocycles. The molecule has 3 aromatic rings. The van der Waals surface area contributed by atoms with Crippen LogP contribution in [0.5, 0.6) is 17.2 Å². The second-order valence-corrected chi connectivity index (χ2v) is 8.52. The molecule has 3 rings (SSSR count). The number of nitrogens with one attached hydrogen (secondary N) is 1. The van der Waals surface area contributed by atoms with Crippen LogP contribution in [0.1, 0.15) is 41.3 Å². The molecule has 0 radical (unpaired) electrons. The molecule has 34 heavy (non-hydrogen) atoms. The number of carbonyl (C=O) groups is 2. The van der Waals surface area contributed by atoms with Gasteiger partial charge in [0, 0.05) is 10.0 Å². The molecular formula is C26H25BrN2O5. The Hall–Kier alpha value is -3.65. The maximum atomic E-state index is 12.5. The van der Waals surface area contributed by atoms with Crippen molar-refractivity contribution >= 4 is 34.0 Å². The lowest BCUT2D eigenvalue weighted by Gasteiger charge is -2.09. The summed E-state index contributed by atoms with van der Waals surface area (Å²) in [5, 5.41) is 3.96. The van der Waals surface area contributed by atoms with Gasteiger partial charge in [0.25, 0.3) is 5.91 Å². The SMILES string of the molecule is COc1ccc(C(=O)Oc2ccc(Br)cc2/C=N/NC(=O)COc2ccc(C(C)C)cc2)cc1. The lowest BCUT2D eigenvalue weighted by molar-refractivity contribution is -0.123. The highest BCUT2D eigenvalue weighted by Gasteiger charge is 2.12. The lowest BCUT2D eigenvalue weighted by Crippen LogP contribution is -2.24. The third-order valence-corrected chi connectivity index (χ3v) is 5.30. The Morgan fingerprint density at radius 1 is 1.00 bits per heavy atom. The molecule has 0 atom stereocenters. The van der Waals surface area contributed by atoms with Crippen LogP contribution in [0.4, 0.5) is 0 Å². The van der Waals surface area contributed by atoms with Crippen molar-refractivity contribution in [3.05, 3.63) is 87.9 Å². The molecule has 0 saturated heterocycles. The first kappa shape index (κ1) is 25.0. The molecule has 0 spiro atoms. The minimum atomic E-state index is -0.527. The van der Waals surface area contributed by atoms with Crippen molar-refractivity contribution < 1.29 is 23.8 Å². The number of halogens is 1. The van der Waals surface area contributed by atoms with Gasteiger partial charge >= 0.3 is 5.97 Å². The zero-order chi connectivity index (χ0) is 24.5. The van der Waals surface area contributed by atoms with Gasteiger partial charge in [-0.1, -0.05) is 41.9 Å². The molecule has 0 aliphatic carbocycles. The van der Waals surface area contributed by atoms with E-state index in [0.717, 1.165) is 4.47 Å². The Morgan fingerprint density at radius 2 is 1.68 bits per heavy atom. The van der Waals surface area contributed by atoms with E-state index in [4.69, 9.17) is 14.2 Å². The number of hydrazone groups is 1. The third kappa shape index (κ3) is 7.18. The maximum absolute atomic E-state index is 12.5. The molecule has 0 aliphatic heterocycles. The van der Waals surface area contributed by atoms with Crippen molar-refractivity contribution in [1.82, 2.24) is 5.43 Å². The molecule has 0 heterocycles. The van der Waals surface area contributed by atoms with Gasteiger partial charge in [-0.25, -0.2) is 10.2 Å². The highest BCUT2D eigenvalue weighted by molar-refractivity contribution is 9.10. The van der Waals surface area contributed by atoms with Crippen LogP contribution in [-0.4, -0.2) is 31.8 Å². The number of hydrogen-bond acceptors (Lipinski definition) is 6. The fraction of sp³-hybridized carbons (Fsp3) is 0.192. The van der Waals surface area contributed by atoms with Crippen molar-refractivity contribution in [3.63, 3.8) is 0 Å². The van der Waals surface area contributed by atoms with Gasteiger partial charge < -0.3 is 14.2 Å². The van der Waals surface area contributed by atoms with Crippen LogP contribution in [0.25, 0.3) is 0 Å². The average molecular weight is 525 g/mol. The number of rotatable bonds is 9. The van der Waals surface area contributed by atoms with Crippen LogP contribution in [0.3, 0.4) is 0 Å². The van der Waals surface area contributed by atoms with E-state index in [-0.39, 0.29) is 6.61 Å². The van der Waals surface area contributed by atoms with Gasteiger partial charge in [0.05, 0.1) is 18.9 Å². The first-order chi connectivity index (χ1) is 16.4.